The van der Waals surface area contributed by atoms with E-state index < -0.39 is 0 Å². The number of carbonyl (C=O) groups excluding carboxylic acids is 1. The van der Waals surface area contributed by atoms with Gasteiger partial charge in [-0.2, -0.15) is 5.21 Å². The summed E-state index contributed by atoms with van der Waals surface area (Å²) in [6.45, 7) is 1.75. The molecule has 1 rings (SSSR count). The Bertz CT molecular complexity index is 312. The number of H-pyrrole nitrogens is 1. The van der Waals surface area contributed by atoms with Gasteiger partial charge in [0, 0.05) is 0 Å². The molecule has 1 atom stereocenters. The van der Waals surface area contributed by atoms with Gasteiger partial charge in [0.05, 0.1) is 12.5 Å². The molecule has 0 fully saturated rings. The molecule has 0 aliphatic carbocycles. The third kappa shape index (κ3) is 2.56. The van der Waals surface area contributed by atoms with Crippen molar-refractivity contribution in [1.29, 1.82) is 0 Å². The summed E-state index contributed by atoms with van der Waals surface area (Å²) < 4.78 is 0. The minimum Gasteiger partial charge on any atom is -0.345 e. The number of amides is 1. The number of hydrogen-bond donors (Lipinski definition) is 2. The first-order valence-electron chi connectivity index (χ1n) is 3.70. The number of aromatic amines is 1. The highest BCUT2D eigenvalue weighted by Crippen LogP contribution is 2.02. The maximum absolute atomic E-state index is 11.0. The van der Waals surface area contributed by atoms with Crippen molar-refractivity contribution in [1.82, 2.24) is 25.9 Å². The van der Waals surface area contributed by atoms with Crippen molar-refractivity contribution in [3.05, 3.63) is 5.82 Å². The van der Waals surface area contributed by atoms with Crippen LogP contribution in [0.1, 0.15) is 25.2 Å². The Morgan fingerprint density at radius 1 is 1.85 bits per heavy atom. The standard InChI is InChI=1S/C7H9N5O/c1-3-4-6(13)8-5(2)7-9-11-12-10-7/h1,5H,4H2,2H3,(H,8,13)(H,9,10,11,12). The van der Waals surface area contributed by atoms with Crippen molar-refractivity contribution in [2.24, 2.45) is 0 Å². The summed E-state index contributed by atoms with van der Waals surface area (Å²) in [5.41, 5.74) is 0. The van der Waals surface area contributed by atoms with Crippen LogP contribution in [0.4, 0.5) is 0 Å². The van der Waals surface area contributed by atoms with Crippen LogP contribution in [-0.2, 0) is 4.79 Å². The summed E-state index contributed by atoms with van der Waals surface area (Å²) in [4.78, 5) is 11.0. The lowest BCUT2D eigenvalue weighted by atomic mass is 10.3. The van der Waals surface area contributed by atoms with Crippen LogP contribution in [0.25, 0.3) is 0 Å². The highest BCUT2D eigenvalue weighted by atomic mass is 16.1. The fourth-order valence-corrected chi connectivity index (χ4v) is 0.803. The number of aromatic nitrogens is 4. The summed E-state index contributed by atoms with van der Waals surface area (Å²) in [5, 5.41) is 15.7. The minimum absolute atomic E-state index is 0.0577. The van der Waals surface area contributed by atoms with E-state index in [0.717, 1.165) is 0 Å². The Morgan fingerprint density at radius 2 is 2.62 bits per heavy atom. The van der Waals surface area contributed by atoms with E-state index in [4.69, 9.17) is 6.42 Å². The maximum Gasteiger partial charge on any atom is 0.232 e. The predicted octanol–water partition coefficient (Wildman–Crippen LogP) is -0.600. The molecular weight excluding hydrogens is 170 g/mol. The van der Waals surface area contributed by atoms with Crippen molar-refractivity contribution >= 4 is 5.91 Å². The molecule has 68 valence electrons. The molecule has 6 heteroatoms. The molecule has 0 saturated heterocycles. The first kappa shape index (κ1) is 9.19. The lowest BCUT2D eigenvalue weighted by molar-refractivity contribution is -0.120. The van der Waals surface area contributed by atoms with E-state index in [1.165, 1.54) is 0 Å². The van der Waals surface area contributed by atoms with Gasteiger partial charge in [-0.15, -0.1) is 16.6 Å². The third-order valence-corrected chi connectivity index (χ3v) is 1.39. The molecule has 2 N–H and O–H groups in total. The quantitative estimate of drug-likeness (QED) is 0.607. The number of tetrazole rings is 1. The fourth-order valence-electron chi connectivity index (χ4n) is 0.803. The topological polar surface area (TPSA) is 83.6 Å². The SMILES string of the molecule is C#CCC(=O)NC(C)c1nn[nH]n1. The van der Waals surface area contributed by atoms with Crippen LogP contribution in [0.3, 0.4) is 0 Å². The molecule has 0 radical (unpaired) electrons. The smallest absolute Gasteiger partial charge is 0.232 e. The zero-order valence-corrected chi connectivity index (χ0v) is 7.11. The van der Waals surface area contributed by atoms with Gasteiger partial charge >= 0.3 is 0 Å². The van der Waals surface area contributed by atoms with Gasteiger partial charge in [0.2, 0.25) is 5.91 Å². The van der Waals surface area contributed by atoms with Gasteiger partial charge in [0.15, 0.2) is 5.82 Å². The Balaban J connectivity index is 2.47. The fraction of sp³-hybridized carbons (Fsp3) is 0.429. The van der Waals surface area contributed by atoms with Gasteiger partial charge < -0.3 is 5.32 Å². The molecule has 0 bridgehead atoms. The van der Waals surface area contributed by atoms with E-state index in [1.807, 2.05) is 0 Å². The van der Waals surface area contributed by atoms with Crippen LogP contribution in [0.2, 0.25) is 0 Å². The second kappa shape index (κ2) is 4.21. The first-order valence-corrected chi connectivity index (χ1v) is 3.70. The Labute approximate surface area is 75.1 Å². The monoisotopic (exact) mass is 179 g/mol. The number of rotatable bonds is 3. The van der Waals surface area contributed by atoms with E-state index >= 15 is 0 Å². The van der Waals surface area contributed by atoms with Gasteiger partial charge in [-0.1, -0.05) is 11.1 Å². The predicted molar refractivity (Wildman–Crippen MR) is 44.2 cm³/mol. The summed E-state index contributed by atoms with van der Waals surface area (Å²) >= 11 is 0. The van der Waals surface area contributed by atoms with Crippen LogP contribution in [0.5, 0.6) is 0 Å². The summed E-state index contributed by atoms with van der Waals surface area (Å²) in [6, 6.07) is -0.278. The Morgan fingerprint density at radius 3 is 3.15 bits per heavy atom. The molecular formula is C7H9N5O. The molecule has 0 aliphatic heterocycles. The van der Waals surface area contributed by atoms with Crippen molar-refractivity contribution < 1.29 is 4.79 Å². The van der Waals surface area contributed by atoms with E-state index in [0.29, 0.717) is 5.82 Å². The first-order chi connectivity index (χ1) is 6.24. The van der Waals surface area contributed by atoms with Crippen molar-refractivity contribution in [2.75, 3.05) is 0 Å². The van der Waals surface area contributed by atoms with Crippen LogP contribution >= 0.6 is 0 Å². The van der Waals surface area contributed by atoms with Crippen molar-refractivity contribution in [3.8, 4) is 12.3 Å². The number of terminal acetylenes is 1. The zero-order chi connectivity index (χ0) is 9.68. The molecule has 0 aliphatic rings. The third-order valence-electron chi connectivity index (χ3n) is 1.39. The van der Waals surface area contributed by atoms with Gasteiger partial charge in [0.1, 0.15) is 0 Å². The Hall–Kier alpha value is -1.90. The van der Waals surface area contributed by atoms with Crippen LogP contribution in [-0.4, -0.2) is 26.5 Å². The lowest BCUT2D eigenvalue weighted by Gasteiger charge is -2.07. The molecule has 1 heterocycles. The maximum atomic E-state index is 11.0. The highest BCUT2D eigenvalue weighted by Gasteiger charge is 2.11. The normalized spacial score (nSPS) is 11.7. The molecule has 13 heavy (non-hydrogen) atoms. The number of nitrogens with one attached hydrogen (secondary N) is 2. The summed E-state index contributed by atoms with van der Waals surface area (Å²) in [6.07, 6.45) is 5.02. The van der Waals surface area contributed by atoms with Crippen LogP contribution in [0, 0.1) is 12.3 Å². The molecule has 1 aromatic rings. The van der Waals surface area contributed by atoms with Gasteiger partial charge in [-0.3, -0.25) is 4.79 Å². The van der Waals surface area contributed by atoms with Gasteiger partial charge in [-0.25, -0.2) is 0 Å². The van der Waals surface area contributed by atoms with E-state index in [9.17, 15) is 4.79 Å². The molecule has 1 unspecified atom stereocenters. The number of hydrogen-bond acceptors (Lipinski definition) is 4. The van der Waals surface area contributed by atoms with E-state index in [-0.39, 0.29) is 18.4 Å². The second-order valence-electron chi connectivity index (χ2n) is 2.44. The molecule has 1 aromatic heterocycles. The highest BCUT2D eigenvalue weighted by molar-refractivity contribution is 5.78. The van der Waals surface area contributed by atoms with E-state index in [1.54, 1.807) is 6.92 Å². The van der Waals surface area contributed by atoms with Crippen molar-refractivity contribution in [3.63, 3.8) is 0 Å². The summed E-state index contributed by atoms with van der Waals surface area (Å²) in [5.74, 6) is 2.45. The second-order valence-corrected chi connectivity index (χ2v) is 2.44. The zero-order valence-electron chi connectivity index (χ0n) is 7.11. The average molecular weight is 179 g/mol. The van der Waals surface area contributed by atoms with Crippen LogP contribution < -0.4 is 5.32 Å². The molecule has 0 aromatic carbocycles. The Kier molecular flexibility index (Phi) is 2.97. The van der Waals surface area contributed by atoms with Crippen molar-refractivity contribution in [2.45, 2.75) is 19.4 Å². The largest absolute Gasteiger partial charge is 0.345 e. The van der Waals surface area contributed by atoms with Crippen LogP contribution in [0.15, 0.2) is 0 Å². The van der Waals surface area contributed by atoms with E-state index in [2.05, 4.69) is 31.9 Å². The average Bonchev–Trinajstić information content (AvgIpc) is 2.55. The number of carbonyl (C=O) groups is 1. The molecule has 0 saturated carbocycles. The van der Waals surface area contributed by atoms with Gasteiger partial charge in [-0.05, 0) is 6.92 Å². The minimum atomic E-state index is -0.278. The van der Waals surface area contributed by atoms with Gasteiger partial charge in [0.25, 0.3) is 0 Å². The molecule has 6 nitrogen and oxygen atoms in total. The molecule has 1 amide bonds. The number of nitrogens with zero attached hydrogens (tertiary/aromatic N) is 3. The lowest BCUT2D eigenvalue weighted by Crippen LogP contribution is -2.26. The molecule has 0 spiro atoms. The summed E-state index contributed by atoms with van der Waals surface area (Å²) in [7, 11) is 0.